The Balaban J connectivity index is 0.00000370. The van der Waals surface area contributed by atoms with Gasteiger partial charge in [0.1, 0.15) is 17.1 Å². The molecule has 3 aliphatic rings. The summed E-state index contributed by atoms with van der Waals surface area (Å²) in [6.45, 7) is 0.486. The van der Waals surface area contributed by atoms with Gasteiger partial charge >= 0.3 is 29.6 Å². The van der Waals surface area contributed by atoms with Gasteiger partial charge < -0.3 is 30.7 Å². The Kier molecular flexibility index (Phi) is 9.40. The number of aryl methyl sites for hydroxylation is 1. The number of aliphatic carboxylic acids is 1. The molecule has 16 nitrogen and oxygen atoms in total. The number of thiazole rings is 1. The molecule has 3 atom stereocenters. The van der Waals surface area contributed by atoms with E-state index in [1.807, 2.05) is 0 Å². The van der Waals surface area contributed by atoms with Crippen LogP contribution in [-0.4, -0.2) is 107 Å². The normalized spacial score (nSPS) is 22.6. The number of likely N-dealkylation sites (N-methyl/N-ethyl adjacent to an activating group) is 1. The number of tetrazole rings is 1. The van der Waals surface area contributed by atoms with Gasteiger partial charge in [0.15, 0.2) is 10.8 Å². The van der Waals surface area contributed by atoms with Crippen molar-refractivity contribution < 1.29 is 58.7 Å². The molecule has 5 rings (SSSR count). The summed E-state index contributed by atoms with van der Waals surface area (Å²) in [6.07, 6.45) is -0.457. The molecule has 2 aromatic rings. The van der Waals surface area contributed by atoms with Gasteiger partial charge in [-0.1, -0.05) is 16.9 Å². The molecule has 2 saturated heterocycles. The van der Waals surface area contributed by atoms with E-state index in [2.05, 4.69) is 31.0 Å². The fraction of sp³-hybridized carbons (Fsp3) is 0.450. The van der Waals surface area contributed by atoms with Crippen molar-refractivity contribution in [1.82, 2.24) is 40.3 Å². The van der Waals surface area contributed by atoms with E-state index in [1.165, 1.54) is 38.5 Å². The Hall–Kier alpha value is -2.71. The molecule has 2 aromatic heterocycles. The Labute approximate surface area is 261 Å². The monoisotopic (exact) mass is 616 g/mol. The van der Waals surface area contributed by atoms with E-state index in [4.69, 9.17) is 10.6 Å². The first kappa shape index (κ1) is 30.3. The van der Waals surface area contributed by atoms with Crippen molar-refractivity contribution in [3.8, 4) is 0 Å². The molecule has 0 spiro atoms. The number of hydrogen-bond acceptors (Lipinski definition) is 15. The third-order valence-corrected chi connectivity index (χ3v) is 9.22. The number of carbonyl (C=O) groups is 4. The topological polar surface area (TPSA) is 214 Å². The zero-order valence-corrected chi connectivity index (χ0v) is 25.9. The van der Waals surface area contributed by atoms with Gasteiger partial charge in [-0.3, -0.25) is 19.3 Å². The summed E-state index contributed by atoms with van der Waals surface area (Å²) >= 11 is 3.60. The number of nitrogen functional groups attached to an aromatic ring is 1. The third kappa shape index (κ3) is 5.84. The number of thioether (sulfide) groups is 2. The summed E-state index contributed by atoms with van der Waals surface area (Å²) < 4.78 is 1.45. The number of carboxylic acid groups (broad SMARTS) is 1. The van der Waals surface area contributed by atoms with Crippen molar-refractivity contribution in [2.75, 3.05) is 30.8 Å². The van der Waals surface area contributed by atoms with Crippen LogP contribution >= 0.6 is 34.9 Å². The molecule has 0 bridgehead atoms. The summed E-state index contributed by atoms with van der Waals surface area (Å²) in [5.74, 6) is -2.66. The minimum atomic E-state index is -1.50. The standard InChI is InChI=1S/C20H22N10O6S3.Na/c1-28-4-3-10(15(28)32)36-25-11(9-7-38-19(21)22-9)14(31)23-12-16(33)30-13(18(34)35)8(5-37-17(12)30)6-39-20-24-26-27-29(20)2;/h7,10,12,17H,3-6H2,1-2H3,(H2,21,22)(H,23,31)(H,34,35);/q;+1/p-1/b25-11-;/t10?,12-,17-;/m1./s1. The summed E-state index contributed by atoms with van der Waals surface area (Å²) in [5.41, 5.74) is 5.81. The fourth-order valence-electron chi connectivity index (χ4n) is 4.09. The molecule has 40 heavy (non-hydrogen) atoms. The summed E-state index contributed by atoms with van der Waals surface area (Å²) in [5, 5.41) is 31.1. The van der Waals surface area contributed by atoms with E-state index in [0.717, 1.165) is 16.2 Å². The zero-order valence-electron chi connectivity index (χ0n) is 21.5. The van der Waals surface area contributed by atoms with Crippen LogP contribution in [0.4, 0.5) is 5.13 Å². The summed E-state index contributed by atoms with van der Waals surface area (Å²) in [4.78, 5) is 62.5. The van der Waals surface area contributed by atoms with E-state index in [-0.39, 0.29) is 69.2 Å². The number of nitrogens with one attached hydrogen (secondary N) is 1. The number of nitrogens with zero attached hydrogens (tertiary/aromatic N) is 8. The molecular formula is C20H21N10NaO6S3. The van der Waals surface area contributed by atoms with E-state index in [9.17, 15) is 24.3 Å². The Morgan fingerprint density at radius 3 is 2.70 bits per heavy atom. The van der Waals surface area contributed by atoms with Gasteiger partial charge in [-0.25, -0.2) is 9.67 Å². The van der Waals surface area contributed by atoms with Crippen LogP contribution in [0.15, 0.2) is 27.0 Å². The Bertz CT molecular complexity index is 1410. The molecule has 0 saturated carbocycles. The molecule has 0 aromatic carbocycles. The van der Waals surface area contributed by atoms with Crippen LogP contribution in [0.25, 0.3) is 0 Å². The van der Waals surface area contributed by atoms with Crippen LogP contribution in [0, 0.1) is 0 Å². The molecule has 2 fully saturated rings. The number of anilines is 1. The van der Waals surface area contributed by atoms with Crippen molar-refractivity contribution >= 4 is 69.4 Å². The number of fused-ring (bicyclic) bond motifs is 1. The van der Waals surface area contributed by atoms with Crippen molar-refractivity contribution in [1.29, 1.82) is 0 Å². The van der Waals surface area contributed by atoms with Crippen LogP contribution in [0.2, 0.25) is 0 Å². The number of β-lactam (4-membered cyclic amide) rings is 1. The smallest absolute Gasteiger partial charge is 0.543 e. The number of oxime groups is 1. The minimum Gasteiger partial charge on any atom is -0.543 e. The second kappa shape index (κ2) is 12.4. The molecule has 5 heterocycles. The molecule has 20 heteroatoms. The average Bonchev–Trinajstić information content (AvgIpc) is 3.61. The van der Waals surface area contributed by atoms with Gasteiger partial charge in [0, 0.05) is 43.9 Å². The molecule has 3 aliphatic heterocycles. The van der Waals surface area contributed by atoms with E-state index in [1.54, 1.807) is 14.1 Å². The molecular weight excluding hydrogens is 595 g/mol. The number of amides is 3. The van der Waals surface area contributed by atoms with E-state index >= 15 is 0 Å². The molecule has 3 amide bonds. The van der Waals surface area contributed by atoms with Crippen LogP contribution in [0.3, 0.4) is 0 Å². The summed E-state index contributed by atoms with van der Waals surface area (Å²) in [6, 6.07) is -1.03. The van der Waals surface area contributed by atoms with Gasteiger partial charge in [-0.2, -0.15) is 0 Å². The van der Waals surface area contributed by atoms with Crippen LogP contribution < -0.4 is 45.7 Å². The first-order valence-electron chi connectivity index (χ1n) is 11.4. The van der Waals surface area contributed by atoms with Crippen LogP contribution in [0.5, 0.6) is 0 Å². The number of nitrogens with two attached hydrogens (primary N) is 1. The van der Waals surface area contributed by atoms with Gasteiger partial charge in [-0.05, 0) is 16.0 Å². The Morgan fingerprint density at radius 1 is 1.32 bits per heavy atom. The van der Waals surface area contributed by atoms with Gasteiger partial charge in [-0.15, -0.1) is 28.2 Å². The second-order valence-corrected chi connectivity index (χ2v) is 11.6. The third-order valence-electron chi connectivity index (χ3n) is 6.11. The SMILES string of the molecule is CN1CCC(O/N=C(\C(=O)N[C@@H]2C(=O)N3C(C(=O)[O-])=C(CSc4nnnn4C)CS[C@H]23)c2csc(N)n2)C1=O.[Na+]. The predicted octanol–water partition coefficient (Wildman–Crippen LogP) is -5.60. The predicted molar refractivity (Wildman–Crippen MR) is 137 cm³/mol. The van der Waals surface area contributed by atoms with Gasteiger partial charge in [0.25, 0.3) is 17.7 Å². The average molecular weight is 617 g/mol. The molecule has 3 N–H and O–H groups in total. The summed E-state index contributed by atoms with van der Waals surface area (Å²) in [7, 11) is 3.28. The van der Waals surface area contributed by atoms with Crippen molar-refractivity contribution in [3.05, 3.63) is 22.3 Å². The molecule has 0 aliphatic carbocycles. The van der Waals surface area contributed by atoms with Crippen molar-refractivity contribution in [2.24, 2.45) is 12.2 Å². The van der Waals surface area contributed by atoms with Crippen LogP contribution in [0.1, 0.15) is 12.1 Å². The maximum atomic E-state index is 13.2. The van der Waals surface area contributed by atoms with Crippen molar-refractivity contribution in [2.45, 2.75) is 29.1 Å². The number of rotatable bonds is 9. The first-order valence-corrected chi connectivity index (χ1v) is 14.3. The first-order chi connectivity index (χ1) is 18.7. The van der Waals surface area contributed by atoms with E-state index < -0.39 is 35.3 Å². The van der Waals surface area contributed by atoms with Gasteiger partial charge in [0.05, 0.1) is 11.7 Å². The molecule has 206 valence electrons. The number of aromatic nitrogens is 5. The number of hydrogen-bond donors (Lipinski definition) is 2. The quantitative estimate of drug-likeness (QED) is 0.0885. The van der Waals surface area contributed by atoms with Crippen LogP contribution in [-0.2, 0) is 31.1 Å². The maximum absolute atomic E-state index is 13.2. The molecule has 1 unspecified atom stereocenters. The zero-order chi connectivity index (χ0) is 27.8. The van der Waals surface area contributed by atoms with Gasteiger partial charge in [0.2, 0.25) is 11.3 Å². The fourth-order valence-corrected chi connectivity index (χ4v) is 6.98. The minimum absolute atomic E-state index is 0. The van der Waals surface area contributed by atoms with Crippen molar-refractivity contribution in [3.63, 3.8) is 0 Å². The maximum Gasteiger partial charge on any atom is 1.00 e. The number of carboxylic acids is 1. The number of carbonyl (C=O) groups excluding carboxylic acids is 4. The second-order valence-electron chi connectivity index (χ2n) is 8.63. The largest absolute Gasteiger partial charge is 1.00 e. The Morgan fingerprint density at radius 2 is 2.10 bits per heavy atom. The molecule has 0 radical (unpaired) electrons. The number of likely N-dealkylation sites (tertiary alicyclic amines) is 1. The van der Waals surface area contributed by atoms with E-state index in [0.29, 0.717) is 23.7 Å².